The number of aromatic nitrogens is 1. The molecule has 0 radical (unpaired) electrons. The summed E-state index contributed by atoms with van der Waals surface area (Å²) in [6.45, 7) is 4.83. The van der Waals surface area contributed by atoms with Crippen LogP contribution in [0.15, 0.2) is 78.9 Å². The average Bonchev–Trinajstić information content (AvgIpc) is 3.14. The van der Waals surface area contributed by atoms with Crippen molar-refractivity contribution in [3.63, 3.8) is 0 Å². The summed E-state index contributed by atoms with van der Waals surface area (Å²) in [5, 5.41) is 4.87. The lowest BCUT2D eigenvalue weighted by Crippen LogP contribution is -2.33. The smallest absolute Gasteiger partial charge is 0.252 e. The zero-order valence-electron chi connectivity index (χ0n) is 18.1. The van der Waals surface area contributed by atoms with Gasteiger partial charge in [0.25, 0.3) is 5.91 Å². The molecule has 1 atom stereocenters. The molecule has 32 heavy (non-hydrogen) atoms. The summed E-state index contributed by atoms with van der Waals surface area (Å²) >= 11 is 6.27. The minimum absolute atomic E-state index is 0.122. The number of hydrogen-bond acceptors (Lipinski definition) is 2. The lowest BCUT2D eigenvalue weighted by atomic mass is 9.99. The Morgan fingerprint density at radius 1 is 1.00 bits per heavy atom. The van der Waals surface area contributed by atoms with Crippen molar-refractivity contribution in [2.24, 2.45) is 5.92 Å². The Morgan fingerprint density at radius 3 is 2.44 bits per heavy atom. The van der Waals surface area contributed by atoms with E-state index >= 15 is 0 Å². The molecule has 0 bridgehead atoms. The predicted molar refractivity (Wildman–Crippen MR) is 129 cm³/mol. The van der Waals surface area contributed by atoms with E-state index in [1.54, 1.807) is 24.3 Å². The number of nitrogens with zero attached hydrogens (tertiary/aromatic N) is 1. The Balaban J connectivity index is 1.78. The van der Waals surface area contributed by atoms with Crippen LogP contribution in [0.25, 0.3) is 10.9 Å². The summed E-state index contributed by atoms with van der Waals surface area (Å²) < 4.78 is 2.23. The number of hydrogen-bond donors (Lipinski definition) is 1. The molecule has 3 aromatic carbocycles. The molecular formula is C27H25ClN2O2. The SMILES string of the molecule is CC(C)C(NC(=O)c1ccccc1C=O)c1cc2cc(Cl)ccc2n1Cc1ccccc1. The molecule has 162 valence electrons. The number of rotatable bonds is 7. The van der Waals surface area contributed by atoms with E-state index in [0.717, 1.165) is 16.6 Å². The molecule has 0 saturated carbocycles. The van der Waals surface area contributed by atoms with Gasteiger partial charge in [-0.2, -0.15) is 0 Å². The second-order valence-electron chi connectivity index (χ2n) is 8.24. The highest BCUT2D eigenvalue weighted by atomic mass is 35.5. The van der Waals surface area contributed by atoms with Gasteiger partial charge in [-0.1, -0.05) is 74.0 Å². The van der Waals surface area contributed by atoms with E-state index in [0.29, 0.717) is 29.0 Å². The van der Waals surface area contributed by atoms with Gasteiger partial charge in [-0.3, -0.25) is 9.59 Å². The molecule has 1 amide bonds. The first-order valence-corrected chi connectivity index (χ1v) is 11.0. The second kappa shape index (κ2) is 9.41. The number of fused-ring (bicyclic) bond motifs is 1. The first-order chi connectivity index (χ1) is 15.5. The van der Waals surface area contributed by atoms with Crippen molar-refractivity contribution >= 4 is 34.7 Å². The van der Waals surface area contributed by atoms with Crippen LogP contribution in [0.2, 0.25) is 5.02 Å². The molecule has 0 spiro atoms. The average molecular weight is 445 g/mol. The van der Waals surface area contributed by atoms with E-state index in [2.05, 4.69) is 41.9 Å². The van der Waals surface area contributed by atoms with Crippen LogP contribution in [-0.2, 0) is 6.54 Å². The van der Waals surface area contributed by atoms with Crippen LogP contribution in [0, 0.1) is 5.92 Å². The fourth-order valence-electron chi connectivity index (χ4n) is 4.07. The van der Waals surface area contributed by atoms with Gasteiger partial charge in [-0.15, -0.1) is 0 Å². The first-order valence-electron chi connectivity index (χ1n) is 10.7. The zero-order chi connectivity index (χ0) is 22.7. The van der Waals surface area contributed by atoms with E-state index in [-0.39, 0.29) is 17.9 Å². The lowest BCUT2D eigenvalue weighted by molar-refractivity contribution is 0.0919. The first kappa shape index (κ1) is 21.8. The van der Waals surface area contributed by atoms with Crippen molar-refractivity contribution in [2.45, 2.75) is 26.4 Å². The number of nitrogens with one attached hydrogen (secondary N) is 1. The van der Waals surface area contributed by atoms with Crippen LogP contribution in [-0.4, -0.2) is 16.8 Å². The van der Waals surface area contributed by atoms with E-state index in [4.69, 9.17) is 11.6 Å². The van der Waals surface area contributed by atoms with Crippen LogP contribution in [0.1, 0.15) is 51.9 Å². The number of halogens is 1. The highest BCUT2D eigenvalue weighted by molar-refractivity contribution is 6.31. The van der Waals surface area contributed by atoms with Crippen molar-refractivity contribution in [3.8, 4) is 0 Å². The van der Waals surface area contributed by atoms with Gasteiger partial charge in [0.2, 0.25) is 0 Å². The van der Waals surface area contributed by atoms with Crippen molar-refractivity contribution in [1.29, 1.82) is 0 Å². The molecule has 4 nitrogen and oxygen atoms in total. The molecular weight excluding hydrogens is 420 g/mol. The maximum absolute atomic E-state index is 13.2. The molecule has 1 N–H and O–H groups in total. The van der Waals surface area contributed by atoms with Crippen molar-refractivity contribution in [1.82, 2.24) is 9.88 Å². The summed E-state index contributed by atoms with van der Waals surface area (Å²) in [6.07, 6.45) is 0.716. The minimum Gasteiger partial charge on any atom is -0.343 e. The fourth-order valence-corrected chi connectivity index (χ4v) is 4.25. The fraction of sp³-hybridized carbons (Fsp3) is 0.185. The van der Waals surface area contributed by atoms with Gasteiger partial charge in [-0.25, -0.2) is 0 Å². The van der Waals surface area contributed by atoms with E-state index in [1.807, 2.05) is 36.4 Å². The molecule has 0 fully saturated rings. The van der Waals surface area contributed by atoms with Gasteiger partial charge >= 0.3 is 0 Å². The Kier molecular flexibility index (Phi) is 6.42. The van der Waals surface area contributed by atoms with E-state index in [9.17, 15) is 9.59 Å². The van der Waals surface area contributed by atoms with Crippen LogP contribution < -0.4 is 5.32 Å². The maximum Gasteiger partial charge on any atom is 0.252 e. The van der Waals surface area contributed by atoms with Gasteiger partial charge in [-0.05, 0) is 41.8 Å². The maximum atomic E-state index is 13.2. The summed E-state index contributed by atoms with van der Waals surface area (Å²) in [6, 6.07) is 24.8. The number of carbonyl (C=O) groups excluding carboxylic acids is 2. The van der Waals surface area contributed by atoms with Crippen LogP contribution in [0.4, 0.5) is 0 Å². The van der Waals surface area contributed by atoms with Crippen LogP contribution in [0.3, 0.4) is 0 Å². The third kappa shape index (κ3) is 4.46. The van der Waals surface area contributed by atoms with Crippen molar-refractivity contribution < 1.29 is 9.59 Å². The number of aldehydes is 1. The molecule has 0 aliphatic carbocycles. The van der Waals surface area contributed by atoms with E-state index in [1.165, 1.54) is 5.56 Å². The summed E-state index contributed by atoms with van der Waals surface area (Å²) in [7, 11) is 0. The predicted octanol–water partition coefficient (Wildman–Crippen LogP) is 6.28. The zero-order valence-corrected chi connectivity index (χ0v) is 18.8. The second-order valence-corrected chi connectivity index (χ2v) is 8.68. The van der Waals surface area contributed by atoms with Crippen molar-refractivity contribution in [3.05, 3.63) is 106 Å². The molecule has 0 aliphatic heterocycles. The third-order valence-corrected chi connectivity index (χ3v) is 5.92. The lowest BCUT2D eigenvalue weighted by Gasteiger charge is -2.25. The Morgan fingerprint density at radius 2 is 1.72 bits per heavy atom. The minimum atomic E-state index is -0.263. The highest BCUT2D eigenvalue weighted by Crippen LogP contribution is 2.31. The molecule has 1 aromatic heterocycles. The van der Waals surface area contributed by atoms with E-state index < -0.39 is 0 Å². The molecule has 0 aliphatic rings. The van der Waals surface area contributed by atoms with Crippen LogP contribution >= 0.6 is 11.6 Å². The molecule has 4 rings (SSSR count). The normalized spacial score (nSPS) is 12.1. The topological polar surface area (TPSA) is 51.1 Å². The molecule has 1 heterocycles. The summed E-state index contributed by atoms with van der Waals surface area (Å²) in [5.41, 5.74) is 3.98. The molecule has 0 saturated heterocycles. The number of amides is 1. The monoisotopic (exact) mass is 444 g/mol. The highest BCUT2D eigenvalue weighted by Gasteiger charge is 2.25. The van der Waals surface area contributed by atoms with Crippen molar-refractivity contribution in [2.75, 3.05) is 0 Å². The third-order valence-electron chi connectivity index (χ3n) is 5.68. The van der Waals surface area contributed by atoms with Gasteiger partial charge in [0, 0.05) is 39.3 Å². The number of carbonyl (C=O) groups is 2. The van der Waals surface area contributed by atoms with Gasteiger partial charge in [0.05, 0.1) is 6.04 Å². The largest absolute Gasteiger partial charge is 0.343 e. The quantitative estimate of drug-likeness (QED) is 0.341. The molecule has 5 heteroatoms. The van der Waals surface area contributed by atoms with Gasteiger partial charge in [0.1, 0.15) is 0 Å². The Bertz CT molecular complexity index is 1260. The van der Waals surface area contributed by atoms with Crippen LogP contribution in [0.5, 0.6) is 0 Å². The van der Waals surface area contributed by atoms with Gasteiger partial charge in [0.15, 0.2) is 6.29 Å². The summed E-state index contributed by atoms with van der Waals surface area (Å²) in [4.78, 5) is 24.6. The Hall–Kier alpha value is -3.37. The molecule has 4 aromatic rings. The summed E-state index contributed by atoms with van der Waals surface area (Å²) in [5.74, 6) is -0.141. The van der Waals surface area contributed by atoms with Gasteiger partial charge < -0.3 is 9.88 Å². The molecule has 1 unspecified atom stereocenters. The number of benzene rings is 3. The standard InChI is InChI=1S/C27H25ClN2O2/c1-18(2)26(29-27(32)23-11-7-6-10-20(23)17-31)25-15-21-14-22(28)12-13-24(21)30(25)16-19-8-4-3-5-9-19/h3-15,17-18,26H,16H2,1-2H3,(H,29,32). The Labute approximate surface area is 192 Å².